The van der Waals surface area contributed by atoms with Crippen LogP contribution in [0.4, 0.5) is 10.1 Å². The number of carbonyl (C=O) groups is 1. The molecule has 182 valence electrons. The van der Waals surface area contributed by atoms with E-state index in [9.17, 15) is 17.6 Å². The Morgan fingerprint density at radius 3 is 2.35 bits per heavy atom. The number of nitrogens with zero attached hydrogens (tertiary/aromatic N) is 6. The van der Waals surface area contributed by atoms with Crippen LogP contribution in [-0.4, -0.2) is 77.8 Å². The first kappa shape index (κ1) is 24.1. The smallest absolute Gasteiger partial charge is 0.243 e. The summed E-state index contributed by atoms with van der Waals surface area (Å²) >= 11 is 0. The summed E-state index contributed by atoms with van der Waals surface area (Å²) in [6, 6.07) is 11.2. The first-order valence-corrected chi connectivity index (χ1v) is 12.9. The lowest BCUT2D eigenvalue weighted by atomic mass is 10.2. The number of sulfonamides is 1. The molecular weight excluding hydrogens is 459 g/mol. The predicted molar refractivity (Wildman–Crippen MR) is 127 cm³/mol. The van der Waals surface area contributed by atoms with Crippen LogP contribution in [0.5, 0.6) is 0 Å². The summed E-state index contributed by atoms with van der Waals surface area (Å²) in [6.45, 7) is 7.32. The molecular formula is C23H29FN6O3S. The predicted octanol–water partition coefficient (Wildman–Crippen LogP) is 2.34. The monoisotopic (exact) mass is 488 g/mol. The van der Waals surface area contributed by atoms with E-state index in [2.05, 4.69) is 15.2 Å². The molecule has 34 heavy (non-hydrogen) atoms. The van der Waals surface area contributed by atoms with E-state index >= 15 is 0 Å². The van der Waals surface area contributed by atoms with Gasteiger partial charge < -0.3 is 9.80 Å². The summed E-state index contributed by atoms with van der Waals surface area (Å²) < 4.78 is 41.7. The Kier molecular flexibility index (Phi) is 7.13. The minimum absolute atomic E-state index is 0.0307. The van der Waals surface area contributed by atoms with Gasteiger partial charge in [0, 0.05) is 51.4 Å². The van der Waals surface area contributed by atoms with Gasteiger partial charge in [-0.15, -0.1) is 5.10 Å². The Hall–Kier alpha value is -3.05. The van der Waals surface area contributed by atoms with Crippen molar-refractivity contribution in [2.45, 2.75) is 31.7 Å². The minimum atomic E-state index is -3.58. The standard InChI is InChI=1S/C23H29FN6O3S/c1-3-29(4-2)34(32,33)20-9-10-22-21(17-20)25-26-30(22)12-11-23(31)28-15-13-27(14-16-28)19-7-5-18(24)6-8-19/h5-10,17H,3-4,11-16H2,1-2H3. The SMILES string of the molecule is CCN(CC)S(=O)(=O)c1ccc2c(c1)nnn2CCC(=O)N1CCN(c2ccc(F)cc2)CC1. The average molecular weight is 489 g/mol. The highest BCUT2D eigenvalue weighted by Gasteiger charge is 2.24. The van der Waals surface area contributed by atoms with E-state index in [0.717, 1.165) is 5.69 Å². The third kappa shape index (κ3) is 4.90. The summed E-state index contributed by atoms with van der Waals surface area (Å²) in [5.74, 6) is -0.233. The van der Waals surface area contributed by atoms with Crippen molar-refractivity contribution in [3.63, 3.8) is 0 Å². The molecule has 0 aliphatic carbocycles. The molecule has 0 spiro atoms. The van der Waals surface area contributed by atoms with Gasteiger partial charge in [0.15, 0.2) is 0 Å². The second-order valence-electron chi connectivity index (χ2n) is 8.15. The molecule has 1 saturated heterocycles. The largest absolute Gasteiger partial charge is 0.368 e. The number of hydrogen-bond acceptors (Lipinski definition) is 6. The number of anilines is 1. The summed E-state index contributed by atoms with van der Waals surface area (Å²) in [7, 11) is -3.58. The molecule has 0 radical (unpaired) electrons. The number of carbonyl (C=O) groups excluding carboxylic acids is 1. The number of halogens is 1. The molecule has 4 rings (SSSR count). The van der Waals surface area contributed by atoms with Crippen LogP contribution < -0.4 is 4.90 Å². The van der Waals surface area contributed by atoms with Crippen molar-refractivity contribution in [3.8, 4) is 0 Å². The lowest BCUT2D eigenvalue weighted by Gasteiger charge is -2.36. The lowest BCUT2D eigenvalue weighted by Crippen LogP contribution is -2.49. The zero-order valence-electron chi connectivity index (χ0n) is 19.4. The summed E-state index contributed by atoms with van der Waals surface area (Å²) in [4.78, 5) is 16.9. The van der Waals surface area contributed by atoms with Crippen LogP contribution in [0, 0.1) is 5.82 Å². The number of hydrogen-bond donors (Lipinski definition) is 0. The Morgan fingerprint density at radius 1 is 1.03 bits per heavy atom. The highest BCUT2D eigenvalue weighted by atomic mass is 32.2. The average Bonchev–Trinajstić information content (AvgIpc) is 3.26. The van der Waals surface area contributed by atoms with Crippen molar-refractivity contribution in [1.82, 2.24) is 24.2 Å². The number of rotatable bonds is 8. The second kappa shape index (κ2) is 10.1. The number of aromatic nitrogens is 3. The number of benzene rings is 2. The minimum Gasteiger partial charge on any atom is -0.368 e. The highest BCUT2D eigenvalue weighted by Crippen LogP contribution is 2.21. The van der Waals surface area contributed by atoms with Crippen molar-refractivity contribution in [3.05, 3.63) is 48.3 Å². The van der Waals surface area contributed by atoms with Crippen LogP contribution in [0.15, 0.2) is 47.4 Å². The maximum atomic E-state index is 13.1. The molecule has 0 atom stereocenters. The molecule has 0 bridgehead atoms. The third-order valence-electron chi connectivity index (χ3n) is 6.19. The van der Waals surface area contributed by atoms with Crippen LogP contribution in [0.3, 0.4) is 0 Å². The molecule has 1 aliphatic rings. The Morgan fingerprint density at radius 2 is 1.71 bits per heavy atom. The van der Waals surface area contributed by atoms with Gasteiger partial charge in [-0.3, -0.25) is 4.79 Å². The van der Waals surface area contributed by atoms with Gasteiger partial charge in [0.05, 0.1) is 17.0 Å². The molecule has 2 aromatic carbocycles. The zero-order chi connectivity index (χ0) is 24.3. The zero-order valence-corrected chi connectivity index (χ0v) is 20.2. The molecule has 1 aromatic heterocycles. The van der Waals surface area contributed by atoms with Crippen molar-refractivity contribution >= 4 is 32.7 Å². The fourth-order valence-electron chi connectivity index (χ4n) is 4.22. The second-order valence-corrected chi connectivity index (χ2v) is 10.1. The van der Waals surface area contributed by atoms with Gasteiger partial charge in [-0.05, 0) is 42.5 Å². The van der Waals surface area contributed by atoms with E-state index in [1.165, 1.54) is 22.5 Å². The fraction of sp³-hybridized carbons (Fsp3) is 0.435. The van der Waals surface area contributed by atoms with Gasteiger partial charge >= 0.3 is 0 Å². The molecule has 2 heterocycles. The van der Waals surface area contributed by atoms with Gasteiger partial charge in [-0.1, -0.05) is 19.1 Å². The van der Waals surface area contributed by atoms with Crippen molar-refractivity contribution in [2.24, 2.45) is 0 Å². The maximum absolute atomic E-state index is 13.1. The van der Waals surface area contributed by atoms with E-state index in [4.69, 9.17) is 0 Å². The molecule has 0 saturated carbocycles. The third-order valence-corrected chi connectivity index (χ3v) is 8.24. The van der Waals surface area contributed by atoms with Gasteiger partial charge in [0.1, 0.15) is 11.3 Å². The summed E-state index contributed by atoms with van der Waals surface area (Å²) in [5, 5.41) is 8.24. The molecule has 1 aliphatic heterocycles. The molecule has 9 nitrogen and oxygen atoms in total. The van der Waals surface area contributed by atoms with Crippen LogP contribution in [0.2, 0.25) is 0 Å². The number of piperazine rings is 1. The molecule has 11 heteroatoms. The Balaban J connectivity index is 1.36. The molecule has 1 fully saturated rings. The van der Waals surface area contributed by atoms with Crippen molar-refractivity contribution in [2.75, 3.05) is 44.2 Å². The molecule has 1 amide bonds. The fourth-order valence-corrected chi connectivity index (χ4v) is 5.69. The Bertz CT molecular complexity index is 1250. The Labute approximate surface area is 198 Å². The highest BCUT2D eigenvalue weighted by molar-refractivity contribution is 7.89. The van der Waals surface area contributed by atoms with E-state index in [-0.39, 0.29) is 23.0 Å². The maximum Gasteiger partial charge on any atom is 0.243 e. The van der Waals surface area contributed by atoms with Crippen LogP contribution in [0.1, 0.15) is 20.3 Å². The van der Waals surface area contributed by atoms with E-state index < -0.39 is 10.0 Å². The van der Waals surface area contributed by atoms with Gasteiger partial charge in [0.2, 0.25) is 15.9 Å². The van der Waals surface area contributed by atoms with Crippen molar-refractivity contribution in [1.29, 1.82) is 0 Å². The molecule has 0 unspecified atom stereocenters. The molecule has 3 aromatic rings. The van der Waals surface area contributed by atoms with Crippen LogP contribution in [0.25, 0.3) is 11.0 Å². The lowest BCUT2D eigenvalue weighted by molar-refractivity contribution is -0.131. The number of amides is 1. The van der Waals surface area contributed by atoms with E-state index in [1.54, 1.807) is 42.8 Å². The topological polar surface area (TPSA) is 91.6 Å². The summed E-state index contributed by atoms with van der Waals surface area (Å²) in [6.07, 6.45) is 0.272. The van der Waals surface area contributed by atoms with Crippen LogP contribution >= 0.6 is 0 Å². The quantitative estimate of drug-likeness (QED) is 0.483. The van der Waals surface area contributed by atoms with E-state index in [1.807, 2.05) is 4.90 Å². The van der Waals surface area contributed by atoms with E-state index in [0.29, 0.717) is 56.8 Å². The number of fused-ring (bicyclic) bond motifs is 1. The first-order valence-electron chi connectivity index (χ1n) is 11.4. The molecule has 0 N–H and O–H groups in total. The first-order chi connectivity index (χ1) is 16.3. The normalized spacial score (nSPS) is 14.8. The van der Waals surface area contributed by atoms with Crippen molar-refractivity contribution < 1.29 is 17.6 Å². The van der Waals surface area contributed by atoms with Crippen LogP contribution in [-0.2, 0) is 21.4 Å². The van der Waals surface area contributed by atoms with Gasteiger partial charge in [0.25, 0.3) is 0 Å². The summed E-state index contributed by atoms with van der Waals surface area (Å²) in [5.41, 5.74) is 2.12. The number of aryl methyl sites for hydroxylation is 1. The van der Waals surface area contributed by atoms with Gasteiger partial charge in [-0.2, -0.15) is 4.31 Å². The van der Waals surface area contributed by atoms with Gasteiger partial charge in [-0.25, -0.2) is 17.5 Å².